The van der Waals surface area contributed by atoms with E-state index in [1.54, 1.807) is 23.5 Å². The van der Waals surface area contributed by atoms with Gasteiger partial charge in [-0.15, -0.1) is 11.3 Å². The molecule has 0 bridgehead atoms. The summed E-state index contributed by atoms with van der Waals surface area (Å²) in [5, 5.41) is 9.45. The minimum Gasteiger partial charge on any atom is -0.375 e. The van der Waals surface area contributed by atoms with Crippen LogP contribution in [-0.4, -0.2) is 29.5 Å². The maximum atomic E-state index is 8.77. The number of fused-ring (bicyclic) bond motifs is 1. The number of thiazole rings is 1. The smallest absolute Gasteiger partial charge is 0.180 e. The van der Waals surface area contributed by atoms with Gasteiger partial charge in [0.25, 0.3) is 0 Å². The summed E-state index contributed by atoms with van der Waals surface area (Å²) in [7, 11) is 0. The third-order valence-corrected chi connectivity index (χ3v) is 4.65. The monoisotopic (exact) mass is 308 g/mol. The lowest BCUT2D eigenvalue weighted by molar-refractivity contribution is 0.323. The molecule has 2 heterocycles. The van der Waals surface area contributed by atoms with Crippen LogP contribution in [0.4, 0.5) is 5.13 Å². The van der Waals surface area contributed by atoms with Crippen LogP contribution in [0.2, 0.25) is 0 Å². The van der Waals surface area contributed by atoms with Gasteiger partial charge in [0.1, 0.15) is 0 Å². The Balaban J connectivity index is 1.57. The molecular weight excluding hydrogens is 292 g/mol. The second kappa shape index (κ2) is 6.62. The van der Waals surface area contributed by atoms with E-state index in [0.29, 0.717) is 10.7 Å². The minimum absolute atomic E-state index is 0.663. The Bertz CT molecular complexity index is 733. The lowest BCUT2D eigenvalue weighted by atomic mass is 10.1. The first-order valence-corrected chi connectivity index (χ1v) is 8.01. The number of rotatable bonds is 1. The molecule has 1 aromatic carbocycles. The molecule has 3 rings (SSSR count). The van der Waals surface area contributed by atoms with Crippen molar-refractivity contribution in [2.45, 2.75) is 12.8 Å². The Morgan fingerprint density at radius 2 is 1.91 bits per heavy atom. The molecule has 110 valence electrons. The summed E-state index contributed by atoms with van der Waals surface area (Å²) in [5.41, 5.74) is 8.53. The molecule has 0 atom stereocenters. The third-order valence-electron chi connectivity index (χ3n) is 3.66. The van der Waals surface area contributed by atoms with E-state index >= 15 is 0 Å². The Morgan fingerprint density at radius 3 is 2.68 bits per heavy atom. The second-order valence-corrected chi connectivity index (χ2v) is 6.30. The molecule has 0 unspecified atom stereocenters. The van der Waals surface area contributed by atoms with Crippen LogP contribution in [0.25, 0.3) is 0 Å². The summed E-state index contributed by atoms with van der Waals surface area (Å²) in [5.74, 6) is 6.37. The van der Waals surface area contributed by atoms with Crippen LogP contribution in [0.3, 0.4) is 0 Å². The Kier molecular flexibility index (Phi) is 4.39. The van der Waals surface area contributed by atoms with Crippen LogP contribution in [-0.2, 0) is 12.8 Å². The normalized spacial score (nSPS) is 14.3. The molecule has 0 saturated carbocycles. The average molecular weight is 308 g/mol. The van der Waals surface area contributed by atoms with E-state index in [2.05, 4.69) is 27.8 Å². The van der Waals surface area contributed by atoms with Crippen LogP contribution in [0.15, 0.2) is 24.3 Å². The van der Waals surface area contributed by atoms with Crippen molar-refractivity contribution in [1.29, 1.82) is 5.26 Å². The van der Waals surface area contributed by atoms with Gasteiger partial charge in [0, 0.05) is 30.0 Å². The number of nitrogen functional groups attached to an aromatic ring is 1. The van der Waals surface area contributed by atoms with Crippen LogP contribution in [0.5, 0.6) is 0 Å². The topological polar surface area (TPSA) is 65.9 Å². The summed E-state index contributed by atoms with van der Waals surface area (Å²) in [6, 6.07) is 9.47. The van der Waals surface area contributed by atoms with Crippen molar-refractivity contribution < 1.29 is 0 Å². The molecule has 22 heavy (non-hydrogen) atoms. The quantitative estimate of drug-likeness (QED) is 0.819. The fourth-order valence-corrected chi connectivity index (χ4v) is 3.34. The van der Waals surface area contributed by atoms with Gasteiger partial charge in [-0.2, -0.15) is 5.26 Å². The lowest BCUT2D eigenvalue weighted by Gasteiger charge is -2.15. The first kappa shape index (κ1) is 14.6. The second-order valence-electron chi connectivity index (χ2n) is 5.19. The maximum Gasteiger partial charge on any atom is 0.180 e. The van der Waals surface area contributed by atoms with E-state index in [4.69, 9.17) is 11.0 Å². The minimum atomic E-state index is 0.663. The predicted octanol–water partition coefficient (Wildman–Crippen LogP) is 2.05. The molecular formula is C17H16N4S. The van der Waals surface area contributed by atoms with Gasteiger partial charge in [0.15, 0.2) is 5.13 Å². The Hall–Kier alpha value is -2.34. The number of anilines is 1. The fraction of sp³-hybridized carbons (Fsp3) is 0.294. The van der Waals surface area contributed by atoms with Gasteiger partial charge in [-0.3, -0.25) is 4.90 Å². The zero-order valence-electron chi connectivity index (χ0n) is 12.2. The number of nitrogens with two attached hydrogens (primary N) is 1. The van der Waals surface area contributed by atoms with E-state index in [-0.39, 0.29) is 0 Å². The highest BCUT2D eigenvalue weighted by Gasteiger charge is 2.16. The van der Waals surface area contributed by atoms with E-state index in [9.17, 15) is 0 Å². The van der Waals surface area contributed by atoms with Gasteiger partial charge in [-0.05, 0) is 30.7 Å². The van der Waals surface area contributed by atoms with Crippen molar-refractivity contribution >= 4 is 16.5 Å². The number of nitrogens with zero attached hydrogens (tertiary/aromatic N) is 3. The predicted molar refractivity (Wildman–Crippen MR) is 88.4 cm³/mol. The van der Waals surface area contributed by atoms with Crippen molar-refractivity contribution in [3.05, 3.63) is 46.0 Å². The Labute approximate surface area is 134 Å². The van der Waals surface area contributed by atoms with Gasteiger partial charge < -0.3 is 5.73 Å². The molecule has 1 aliphatic heterocycles. The fourth-order valence-electron chi connectivity index (χ4n) is 2.47. The van der Waals surface area contributed by atoms with Crippen molar-refractivity contribution in [3.8, 4) is 17.9 Å². The zero-order valence-corrected chi connectivity index (χ0v) is 13.0. The summed E-state index contributed by atoms with van der Waals surface area (Å²) >= 11 is 1.61. The molecule has 2 aromatic rings. The highest BCUT2D eigenvalue weighted by Crippen LogP contribution is 2.23. The number of hydrogen-bond acceptors (Lipinski definition) is 5. The standard InChI is InChI=1S/C17H16N4S/c18-12-14-5-3-13(4-6-14)2-1-9-21-10-7-15-16(8-11-21)22-17(19)20-15/h3-6H,7-11H2,(H2,19,20). The molecule has 0 spiro atoms. The van der Waals surface area contributed by atoms with E-state index in [0.717, 1.165) is 43.7 Å². The van der Waals surface area contributed by atoms with Gasteiger partial charge in [0.05, 0.1) is 23.9 Å². The lowest BCUT2D eigenvalue weighted by Crippen LogP contribution is -2.26. The molecule has 0 radical (unpaired) electrons. The first-order chi connectivity index (χ1) is 10.7. The first-order valence-electron chi connectivity index (χ1n) is 7.20. The molecule has 1 aliphatic rings. The summed E-state index contributed by atoms with van der Waals surface area (Å²) in [4.78, 5) is 8.07. The molecule has 1 aromatic heterocycles. The maximum absolute atomic E-state index is 8.77. The highest BCUT2D eigenvalue weighted by molar-refractivity contribution is 7.15. The average Bonchev–Trinajstić information content (AvgIpc) is 2.80. The van der Waals surface area contributed by atoms with Crippen molar-refractivity contribution in [2.24, 2.45) is 0 Å². The van der Waals surface area contributed by atoms with Crippen molar-refractivity contribution in [1.82, 2.24) is 9.88 Å². The number of benzene rings is 1. The molecule has 2 N–H and O–H groups in total. The Morgan fingerprint density at radius 1 is 1.18 bits per heavy atom. The van der Waals surface area contributed by atoms with E-state index in [1.165, 1.54) is 4.88 Å². The van der Waals surface area contributed by atoms with E-state index < -0.39 is 0 Å². The molecule has 4 nitrogen and oxygen atoms in total. The zero-order chi connectivity index (χ0) is 15.4. The molecule has 0 amide bonds. The third kappa shape index (κ3) is 3.46. The van der Waals surface area contributed by atoms with Gasteiger partial charge in [-0.25, -0.2) is 4.98 Å². The van der Waals surface area contributed by atoms with Crippen LogP contribution in [0.1, 0.15) is 21.7 Å². The summed E-state index contributed by atoms with van der Waals surface area (Å²) in [6.45, 7) is 2.72. The largest absolute Gasteiger partial charge is 0.375 e. The van der Waals surface area contributed by atoms with Crippen LogP contribution < -0.4 is 5.73 Å². The number of nitriles is 1. The van der Waals surface area contributed by atoms with Crippen molar-refractivity contribution in [2.75, 3.05) is 25.4 Å². The van der Waals surface area contributed by atoms with Gasteiger partial charge in [-0.1, -0.05) is 11.8 Å². The van der Waals surface area contributed by atoms with Gasteiger partial charge >= 0.3 is 0 Å². The van der Waals surface area contributed by atoms with Crippen LogP contribution in [0, 0.1) is 23.2 Å². The van der Waals surface area contributed by atoms with Crippen LogP contribution >= 0.6 is 11.3 Å². The number of aromatic nitrogens is 1. The van der Waals surface area contributed by atoms with Gasteiger partial charge in [0.2, 0.25) is 0 Å². The SMILES string of the molecule is N#Cc1ccc(C#CCN2CCc3nc(N)sc3CC2)cc1. The molecule has 0 saturated heterocycles. The molecule has 5 heteroatoms. The summed E-state index contributed by atoms with van der Waals surface area (Å²) < 4.78 is 0. The van der Waals surface area contributed by atoms with Crippen molar-refractivity contribution in [3.63, 3.8) is 0 Å². The number of hydrogen-bond donors (Lipinski definition) is 1. The molecule has 0 fully saturated rings. The van der Waals surface area contributed by atoms with E-state index in [1.807, 2.05) is 12.1 Å². The summed E-state index contributed by atoms with van der Waals surface area (Å²) in [6.07, 6.45) is 1.95. The highest BCUT2D eigenvalue weighted by atomic mass is 32.1. The molecule has 0 aliphatic carbocycles.